The lowest BCUT2D eigenvalue weighted by atomic mass is 9.96. The second kappa shape index (κ2) is 7.80. The fourth-order valence-electron chi connectivity index (χ4n) is 1.90. The number of aliphatic hydroxyl groups excluding tert-OH is 1. The minimum absolute atomic E-state index is 0.267. The van der Waals surface area contributed by atoms with E-state index in [1.54, 1.807) is 0 Å². The molecule has 1 aromatic heterocycles. The first kappa shape index (κ1) is 14.6. The molecule has 0 spiro atoms. The largest absolute Gasteiger partial charge is 0.392 e. The van der Waals surface area contributed by atoms with Crippen molar-refractivity contribution in [2.24, 2.45) is 5.92 Å². The Morgan fingerprint density at radius 1 is 1.35 bits per heavy atom. The van der Waals surface area contributed by atoms with Gasteiger partial charge in [-0.1, -0.05) is 32.8 Å². The fraction of sp³-hybridized carbons (Fsp3) is 0.615. The molecular formula is C13H21BrN2O. The van der Waals surface area contributed by atoms with Crippen molar-refractivity contribution in [2.75, 3.05) is 6.54 Å². The summed E-state index contributed by atoms with van der Waals surface area (Å²) in [6, 6.07) is 5.84. The quantitative estimate of drug-likeness (QED) is 0.761. The maximum absolute atomic E-state index is 9.95. The highest BCUT2D eigenvalue weighted by Crippen LogP contribution is 2.12. The molecule has 1 unspecified atom stereocenters. The van der Waals surface area contributed by atoms with Gasteiger partial charge in [-0.05, 0) is 34.0 Å². The minimum Gasteiger partial charge on any atom is -0.392 e. The molecule has 4 heteroatoms. The van der Waals surface area contributed by atoms with Crippen molar-refractivity contribution in [1.29, 1.82) is 0 Å². The number of nitrogens with one attached hydrogen (secondary N) is 1. The summed E-state index contributed by atoms with van der Waals surface area (Å²) < 4.78 is 0.845. The van der Waals surface area contributed by atoms with E-state index in [-0.39, 0.29) is 6.10 Å². The average molecular weight is 301 g/mol. The van der Waals surface area contributed by atoms with E-state index in [2.05, 4.69) is 40.1 Å². The smallest absolute Gasteiger partial charge is 0.106 e. The van der Waals surface area contributed by atoms with Crippen molar-refractivity contribution >= 4 is 15.9 Å². The third kappa shape index (κ3) is 5.15. The molecule has 0 fully saturated rings. The maximum Gasteiger partial charge on any atom is 0.106 e. The summed E-state index contributed by atoms with van der Waals surface area (Å²) >= 11 is 3.34. The van der Waals surface area contributed by atoms with E-state index >= 15 is 0 Å². The van der Waals surface area contributed by atoms with Crippen molar-refractivity contribution in [2.45, 2.75) is 39.3 Å². The molecule has 1 heterocycles. The van der Waals surface area contributed by atoms with E-state index in [4.69, 9.17) is 0 Å². The van der Waals surface area contributed by atoms with Crippen molar-refractivity contribution < 1.29 is 5.11 Å². The number of hydrogen-bond donors (Lipinski definition) is 2. The van der Waals surface area contributed by atoms with Gasteiger partial charge < -0.3 is 10.4 Å². The van der Waals surface area contributed by atoms with Gasteiger partial charge in [0.2, 0.25) is 0 Å². The zero-order chi connectivity index (χ0) is 12.7. The lowest BCUT2D eigenvalue weighted by Crippen LogP contribution is -2.32. The van der Waals surface area contributed by atoms with Crippen LogP contribution >= 0.6 is 15.9 Å². The highest BCUT2D eigenvalue weighted by atomic mass is 79.9. The third-order valence-corrected chi connectivity index (χ3v) is 3.47. The molecule has 0 amide bonds. The second-order valence-corrected chi connectivity index (χ2v) is 5.04. The van der Waals surface area contributed by atoms with Crippen molar-refractivity contribution in [3.05, 3.63) is 28.5 Å². The Morgan fingerprint density at radius 2 is 2.06 bits per heavy atom. The molecule has 3 nitrogen and oxygen atoms in total. The predicted octanol–water partition coefficient (Wildman–Crippen LogP) is 2.73. The van der Waals surface area contributed by atoms with E-state index in [0.29, 0.717) is 19.0 Å². The van der Waals surface area contributed by atoms with Crippen LogP contribution in [0.5, 0.6) is 0 Å². The van der Waals surface area contributed by atoms with Gasteiger partial charge in [0.05, 0.1) is 11.8 Å². The summed E-state index contributed by atoms with van der Waals surface area (Å²) in [5.74, 6) is 0.387. The Hall–Kier alpha value is -0.450. The van der Waals surface area contributed by atoms with Gasteiger partial charge in [0.25, 0.3) is 0 Å². The van der Waals surface area contributed by atoms with Crippen LogP contribution in [0.2, 0.25) is 0 Å². The molecule has 0 aliphatic heterocycles. The number of aliphatic hydroxyl groups is 1. The van der Waals surface area contributed by atoms with E-state index in [1.807, 2.05) is 18.2 Å². The number of aromatic nitrogens is 1. The van der Waals surface area contributed by atoms with Crippen LogP contribution in [-0.4, -0.2) is 22.7 Å². The fourth-order valence-corrected chi connectivity index (χ4v) is 2.28. The van der Waals surface area contributed by atoms with Gasteiger partial charge in [-0.2, -0.15) is 0 Å². The minimum atomic E-state index is -0.267. The molecule has 0 saturated heterocycles. The van der Waals surface area contributed by atoms with Crippen molar-refractivity contribution in [1.82, 2.24) is 10.3 Å². The SMILES string of the molecule is CCC(CC)C(O)CNCc1cccc(Br)n1. The Balaban J connectivity index is 2.32. The van der Waals surface area contributed by atoms with E-state index < -0.39 is 0 Å². The predicted molar refractivity (Wildman–Crippen MR) is 73.7 cm³/mol. The molecule has 0 radical (unpaired) electrons. The molecule has 0 aliphatic carbocycles. The summed E-state index contributed by atoms with van der Waals surface area (Å²) in [5, 5.41) is 13.2. The summed E-state index contributed by atoms with van der Waals surface area (Å²) in [5.41, 5.74) is 0.983. The lowest BCUT2D eigenvalue weighted by molar-refractivity contribution is 0.101. The molecule has 96 valence electrons. The highest BCUT2D eigenvalue weighted by Gasteiger charge is 2.14. The van der Waals surface area contributed by atoms with Gasteiger partial charge >= 0.3 is 0 Å². The molecule has 1 rings (SSSR count). The molecule has 0 aromatic carbocycles. The number of pyridine rings is 1. The lowest BCUT2D eigenvalue weighted by Gasteiger charge is -2.20. The first-order valence-electron chi connectivity index (χ1n) is 6.17. The number of hydrogen-bond acceptors (Lipinski definition) is 3. The van der Waals surface area contributed by atoms with E-state index in [9.17, 15) is 5.11 Å². The number of halogens is 1. The summed E-state index contributed by atoms with van der Waals surface area (Å²) in [6.07, 6.45) is 1.78. The summed E-state index contributed by atoms with van der Waals surface area (Å²) in [4.78, 5) is 4.33. The molecule has 1 aromatic rings. The van der Waals surface area contributed by atoms with Crippen LogP contribution in [-0.2, 0) is 6.54 Å². The van der Waals surface area contributed by atoms with Crippen molar-refractivity contribution in [3.63, 3.8) is 0 Å². The first-order chi connectivity index (χ1) is 8.17. The van der Waals surface area contributed by atoms with E-state index in [1.165, 1.54) is 0 Å². The zero-order valence-electron chi connectivity index (χ0n) is 10.5. The topological polar surface area (TPSA) is 45.1 Å². The van der Waals surface area contributed by atoms with Gasteiger partial charge in [-0.15, -0.1) is 0 Å². The second-order valence-electron chi connectivity index (χ2n) is 4.23. The normalized spacial score (nSPS) is 13.0. The van der Waals surface area contributed by atoms with Crippen LogP contribution in [0.3, 0.4) is 0 Å². The van der Waals surface area contributed by atoms with Crippen LogP contribution in [0.25, 0.3) is 0 Å². The summed E-state index contributed by atoms with van der Waals surface area (Å²) in [7, 11) is 0. The van der Waals surface area contributed by atoms with Gasteiger partial charge in [0, 0.05) is 13.1 Å². The van der Waals surface area contributed by atoms with Crippen LogP contribution in [0, 0.1) is 5.92 Å². The number of nitrogens with zero attached hydrogens (tertiary/aromatic N) is 1. The first-order valence-corrected chi connectivity index (χ1v) is 6.96. The van der Waals surface area contributed by atoms with Gasteiger partial charge in [0.15, 0.2) is 0 Å². The standard InChI is InChI=1S/C13H21BrN2O/c1-3-10(4-2)12(17)9-15-8-11-6-5-7-13(14)16-11/h5-7,10,12,15,17H,3-4,8-9H2,1-2H3. The third-order valence-electron chi connectivity index (χ3n) is 3.03. The maximum atomic E-state index is 9.95. The molecule has 1 atom stereocenters. The van der Waals surface area contributed by atoms with Crippen molar-refractivity contribution in [3.8, 4) is 0 Å². The monoisotopic (exact) mass is 300 g/mol. The Morgan fingerprint density at radius 3 is 2.65 bits per heavy atom. The molecule has 17 heavy (non-hydrogen) atoms. The number of rotatable bonds is 7. The van der Waals surface area contributed by atoms with E-state index in [0.717, 1.165) is 23.1 Å². The van der Waals surface area contributed by atoms with Gasteiger partial charge in [0.1, 0.15) is 4.60 Å². The van der Waals surface area contributed by atoms with Crippen LogP contribution in [0.15, 0.2) is 22.8 Å². The van der Waals surface area contributed by atoms with Gasteiger partial charge in [-0.25, -0.2) is 4.98 Å². The molecule has 2 N–H and O–H groups in total. The van der Waals surface area contributed by atoms with Crippen LogP contribution in [0.1, 0.15) is 32.4 Å². The van der Waals surface area contributed by atoms with Gasteiger partial charge in [-0.3, -0.25) is 0 Å². The molecular weight excluding hydrogens is 280 g/mol. The Kier molecular flexibility index (Phi) is 6.70. The summed E-state index contributed by atoms with van der Waals surface area (Å²) in [6.45, 7) is 5.55. The molecule has 0 aliphatic rings. The Bertz CT molecular complexity index is 329. The molecule has 0 saturated carbocycles. The highest BCUT2D eigenvalue weighted by molar-refractivity contribution is 9.10. The average Bonchev–Trinajstić information content (AvgIpc) is 2.30. The zero-order valence-corrected chi connectivity index (χ0v) is 12.1. The molecule has 0 bridgehead atoms. The van der Waals surface area contributed by atoms with Crippen LogP contribution in [0.4, 0.5) is 0 Å². The Labute approximate surface area is 112 Å². The van der Waals surface area contributed by atoms with Crippen LogP contribution < -0.4 is 5.32 Å².